The zero-order valence-electron chi connectivity index (χ0n) is 11.8. The Kier molecular flexibility index (Phi) is 3.50. The van der Waals surface area contributed by atoms with Gasteiger partial charge < -0.3 is 5.32 Å². The van der Waals surface area contributed by atoms with Crippen LogP contribution in [-0.4, -0.2) is 19.5 Å². The lowest BCUT2D eigenvalue weighted by molar-refractivity contribution is 0.754. The topological polar surface area (TPSA) is 96.5 Å². The van der Waals surface area contributed by atoms with Gasteiger partial charge in [-0.25, -0.2) is 15.0 Å². The maximum atomic E-state index is 12.3. The van der Waals surface area contributed by atoms with Crippen LogP contribution in [0.2, 0.25) is 0 Å². The SMILES string of the molecule is Cn1c(CNc2nccnc2C#N)nc2ccccc2c1=O. The third-order valence-electron chi connectivity index (χ3n) is 3.29. The fourth-order valence-electron chi connectivity index (χ4n) is 2.13. The Hall–Kier alpha value is -3.27. The lowest BCUT2D eigenvalue weighted by Crippen LogP contribution is -2.24. The van der Waals surface area contributed by atoms with Gasteiger partial charge in [0.05, 0.1) is 17.4 Å². The van der Waals surface area contributed by atoms with E-state index in [2.05, 4.69) is 20.3 Å². The van der Waals surface area contributed by atoms with Crippen LogP contribution in [0.4, 0.5) is 5.82 Å². The number of benzene rings is 1. The van der Waals surface area contributed by atoms with Crippen molar-refractivity contribution in [3.8, 4) is 6.07 Å². The van der Waals surface area contributed by atoms with E-state index in [1.54, 1.807) is 19.2 Å². The number of fused-ring (bicyclic) bond motifs is 1. The third kappa shape index (κ3) is 2.38. The summed E-state index contributed by atoms with van der Waals surface area (Å²) >= 11 is 0. The molecule has 0 amide bonds. The van der Waals surface area contributed by atoms with Gasteiger partial charge >= 0.3 is 0 Å². The quantitative estimate of drug-likeness (QED) is 0.779. The van der Waals surface area contributed by atoms with Crippen LogP contribution in [0.25, 0.3) is 10.9 Å². The Morgan fingerprint density at radius 1 is 1.27 bits per heavy atom. The van der Waals surface area contributed by atoms with E-state index in [0.29, 0.717) is 22.5 Å². The summed E-state index contributed by atoms with van der Waals surface area (Å²) in [6.45, 7) is 0.268. The normalized spacial score (nSPS) is 10.4. The number of nitriles is 1. The summed E-state index contributed by atoms with van der Waals surface area (Å²) in [5, 5.41) is 12.6. The van der Waals surface area contributed by atoms with Crippen molar-refractivity contribution >= 4 is 16.7 Å². The molecule has 0 aliphatic heterocycles. The molecule has 2 heterocycles. The molecule has 0 saturated heterocycles. The van der Waals surface area contributed by atoms with Gasteiger partial charge in [0.2, 0.25) is 0 Å². The first-order valence-corrected chi connectivity index (χ1v) is 6.60. The first-order valence-electron chi connectivity index (χ1n) is 6.60. The summed E-state index contributed by atoms with van der Waals surface area (Å²) in [5.74, 6) is 0.922. The highest BCUT2D eigenvalue weighted by Gasteiger charge is 2.09. The standard InChI is InChI=1S/C15H12N6O/c1-21-13(9-19-14-12(8-16)17-6-7-18-14)20-11-5-3-2-4-10(11)15(21)22/h2-7H,9H2,1H3,(H,18,19). The molecule has 0 aliphatic rings. The molecule has 0 aliphatic carbocycles. The minimum absolute atomic E-state index is 0.109. The number of nitrogens with one attached hydrogen (secondary N) is 1. The number of para-hydroxylation sites is 1. The molecule has 1 aromatic carbocycles. The zero-order valence-corrected chi connectivity index (χ0v) is 11.8. The van der Waals surface area contributed by atoms with Gasteiger partial charge in [0.1, 0.15) is 11.9 Å². The predicted molar refractivity (Wildman–Crippen MR) is 81.1 cm³/mol. The maximum absolute atomic E-state index is 12.3. The molecule has 108 valence electrons. The summed E-state index contributed by atoms with van der Waals surface area (Å²) in [6.07, 6.45) is 2.95. The van der Waals surface area contributed by atoms with Crippen LogP contribution in [0, 0.1) is 11.3 Å². The van der Waals surface area contributed by atoms with Crippen molar-refractivity contribution in [3.63, 3.8) is 0 Å². The molecule has 0 unspecified atom stereocenters. The van der Waals surface area contributed by atoms with Gasteiger partial charge in [0.15, 0.2) is 11.5 Å². The van der Waals surface area contributed by atoms with Crippen LogP contribution in [0.1, 0.15) is 11.5 Å². The molecule has 3 rings (SSSR count). The van der Waals surface area contributed by atoms with E-state index in [9.17, 15) is 4.79 Å². The molecule has 0 bridgehead atoms. The van der Waals surface area contributed by atoms with Crippen molar-refractivity contribution in [1.29, 1.82) is 5.26 Å². The summed E-state index contributed by atoms with van der Waals surface area (Å²) in [4.78, 5) is 24.8. The molecule has 7 heteroatoms. The van der Waals surface area contributed by atoms with E-state index in [0.717, 1.165) is 0 Å². The monoisotopic (exact) mass is 292 g/mol. The number of anilines is 1. The smallest absolute Gasteiger partial charge is 0.261 e. The summed E-state index contributed by atoms with van der Waals surface area (Å²) in [6, 6.07) is 9.15. The van der Waals surface area contributed by atoms with E-state index in [1.165, 1.54) is 17.0 Å². The van der Waals surface area contributed by atoms with Crippen LogP contribution in [0.15, 0.2) is 41.5 Å². The fraction of sp³-hybridized carbons (Fsp3) is 0.133. The van der Waals surface area contributed by atoms with Crippen molar-refractivity contribution in [3.05, 3.63) is 58.5 Å². The Morgan fingerprint density at radius 3 is 2.86 bits per heavy atom. The number of nitrogens with zero attached hydrogens (tertiary/aromatic N) is 5. The van der Waals surface area contributed by atoms with E-state index < -0.39 is 0 Å². The Morgan fingerprint density at radius 2 is 2.05 bits per heavy atom. The second-order valence-electron chi connectivity index (χ2n) is 4.63. The fourth-order valence-corrected chi connectivity index (χ4v) is 2.13. The Labute approximate surface area is 125 Å². The highest BCUT2D eigenvalue weighted by atomic mass is 16.1. The molecule has 0 spiro atoms. The van der Waals surface area contributed by atoms with Crippen molar-refractivity contribution < 1.29 is 0 Å². The Balaban J connectivity index is 1.96. The zero-order chi connectivity index (χ0) is 15.5. The average molecular weight is 292 g/mol. The molecule has 3 aromatic rings. The van der Waals surface area contributed by atoms with Gasteiger partial charge in [-0.2, -0.15) is 5.26 Å². The van der Waals surface area contributed by atoms with Crippen LogP contribution >= 0.6 is 0 Å². The van der Waals surface area contributed by atoms with Crippen molar-refractivity contribution in [2.75, 3.05) is 5.32 Å². The van der Waals surface area contributed by atoms with Crippen LogP contribution in [0.3, 0.4) is 0 Å². The highest BCUT2D eigenvalue weighted by Crippen LogP contribution is 2.10. The van der Waals surface area contributed by atoms with E-state index in [1.807, 2.05) is 18.2 Å². The van der Waals surface area contributed by atoms with Crippen molar-refractivity contribution in [2.45, 2.75) is 6.54 Å². The molecular formula is C15H12N6O. The molecule has 22 heavy (non-hydrogen) atoms. The predicted octanol–water partition coefficient (Wildman–Crippen LogP) is 1.21. The lowest BCUT2D eigenvalue weighted by Gasteiger charge is -2.10. The minimum atomic E-state index is -0.109. The minimum Gasteiger partial charge on any atom is -0.360 e. The van der Waals surface area contributed by atoms with E-state index in [4.69, 9.17) is 5.26 Å². The molecule has 0 saturated carbocycles. The van der Waals surface area contributed by atoms with Gasteiger partial charge in [-0.05, 0) is 12.1 Å². The van der Waals surface area contributed by atoms with Crippen molar-refractivity contribution in [1.82, 2.24) is 19.5 Å². The Bertz CT molecular complexity index is 941. The number of rotatable bonds is 3. The van der Waals surface area contributed by atoms with Gasteiger partial charge in [0.25, 0.3) is 5.56 Å². The second kappa shape index (κ2) is 5.61. The maximum Gasteiger partial charge on any atom is 0.261 e. The lowest BCUT2D eigenvalue weighted by atomic mass is 10.2. The molecule has 7 nitrogen and oxygen atoms in total. The van der Waals surface area contributed by atoms with Crippen LogP contribution in [0.5, 0.6) is 0 Å². The first-order chi connectivity index (χ1) is 10.7. The van der Waals surface area contributed by atoms with Crippen LogP contribution in [-0.2, 0) is 13.6 Å². The summed E-state index contributed by atoms with van der Waals surface area (Å²) in [7, 11) is 1.67. The molecule has 1 N–H and O–H groups in total. The van der Waals surface area contributed by atoms with Gasteiger partial charge in [0, 0.05) is 19.4 Å². The summed E-state index contributed by atoms with van der Waals surface area (Å²) < 4.78 is 1.48. The number of hydrogen-bond acceptors (Lipinski definition) is 6. The number of hydrogen-bond donors (Lipinski definition) is 1. The summed E-state index contributed by atoms with van der Waals surface area (Å²) in [5.41, 5.74) is 0.734. The second-order valence-corrected chi connectivity index (χ2v) is 4.63. The molecule has 0 fully saturated rings. The molecule has 0 radical (unpaired) electrons. The number of aromatic nitrogens is 4. The first kappa shape index (κ1) is 13.7. The molecule has 0 atom stereocenters. The van der Waals surface area contributed by atoms with Gasteiger partial charge in [-0.1, -0.05) is 12.1 Å². The molecular weight excluding hydrogens is 280 g/mol. The average Bonchev–Trinajstić information content (AvgIpc) is 2.57. The largest absolute Gasteiger partial charge is 0.360 e. The van der Waals surface area contributed by atoms with Gasteiger partial charge in [-0.3, -0.25) is 9.36 Å². The molecule has 2 aromatic heterocycles. The van der Waals surface area contributed by atoms with Crippen LogP contribution < -0.4 is 10.9 Å². The highest BCUT2D eigenvalue weighted by molar-refractivity contribution is 5.77. The van der Waals surface area contributed by atoms with E-state index in [-0.39, 0.29) is 17.8 Å². The van der Waals surface area contributed by atoms with Gasteiger partial charge in [-0.15, -0.1) is 0 Å². The third-order valence-corrected chi connectivity index (χ3v) is 3.29. The van der Waals surface area contributed by atoms with E-state index >= 15 is 0 Å². The van der Waals surface area contributed by atoms with Crippen molar-refractivity contribution in [2.24, 2.45) is 7.05 Å².